The molecule has 1 amide bonds. The fourth-order valence-corrected chi connectivity index (χ4v) is 1.94. The van der Waals surface area contributed by atoms with Crippen LogP contribution in [0.25, 0.3) is 11.3 Å². The monoisotopic (exact) mass is 298 g/mol. The number of carbonyl (C=O) groups is 1. The van der Waals surface area contributed by atoms with Crippen LogP contribution in [0.15, 0.2) is 45.4 Å². The molecule has 0 saturated carbocycles. The standard InChI is InChI=1S/C15H14N4O3/c1-9(15-17-10(2)18-22-15)16-14(20)12-8-13(21-19-12)11-6-4-3-5-7-11/h3-9H,1-2H3,(H,16,20)/t9-/m0/s1. The molecule has 1 N–H and O–H groups in total. The summed E-state index contributed by atoms with van der Waals surface area (Å²) in [7, 11) is 0. The molecule has 22 heavy (non-hydrogen) atoms. The lowest BCUT2D eigenvalue weighted by Crippen LogP contribution is -2.27. The molecule has 0 fully saturated rings. The Morgan fingerprint density at radius 3 is 2.64 bits per heavy atom. The van der Waals surface area contributed by atoms with E-state index in [0.717, 1.165) is 5.56 Å². The van der Waals surface area contributed by atoms with Gasteiger partial charge in [0.25, 0.3) is 5.91 Å². The van der Waals surface area contributed by atoms with Gasteiger partial charge in [-0.3, -0.25) is 4.79 Å². The largest absolute Gasteiger partial charge is 0.355 e. The molecule has 3 aromatic rings. The van der Waals surface area contributed by atoms with Gasteiger partial charge in [0.15, 0.2) is 17.3 Å². The van der Waals surface area contributed by atoms with Gasteiger partial charge >= 0.3 is 0 Å². The fourth-order valence-electron chi connectivity index (χ4n) is 1.94. The second-order valence-corrected chi connectivity index (χ2v) is 4.82. The van der Waals surface area contributed by atoms with Crippen LogP contribution >= 0.6 is 0 Å². The third-order valence-corrected chi connectivity index (χ3v) is 3.06. The number of nitrogens with zero attached hydrogens (tertiary/aromatic N) is 3. The fraction of sp³-hybridized carbons (Fsp3) is 0.200. The number of hydrogen-bond donors (Lipinski definition) is 1. The van der Waals surface area contributed by atoms with Gasteiger partial charge in [0.2, 0.25) is 5.89 Å². The Morgan fingerprint density at radius 2 is 1.95 bits per heavy atom. The lowest BCUT2D eigenvalue weighted by Gasteiger charge is -2.07. The van der Waals surface area contributed by atoms with E-state index in [-0.39, 0.29) is 11.6 Å². The lowest BCUT2D eigenvalue weighted by molar-refractivity contribution is 0.0923. The quantitative estimate of drug-likeness (QED) is 0.795. The molecule has 0 radical (unpaired) electrons. The first-order valence-corrected chi connectivity index (χ1v) is 6.76. The predicted molar refractivity (Wildman–Crippen MR) is 76.9 cm³/mol. The molecule has 2 aromatic heterocycles. The van der Waals surface area contributed by atoms with E-state index in [1.54, 1.807) is 19.9 Å². The summed E-state index contributed by atoms with van der Waals surface area (Å²) in [6.07, 6.45) is 0. The molecule has 0 aliphatic rings. The highest BCUT2D eigenvalue weighted by molar-refractivity contribution is 5.93. The van der Waals surface area contributed by atoms with Crippen molar-refractivity contribution in [1.82, 2.24) is 20.6 Å². The van der Waals surface area contributed by atoms with Crippen LogP contribution in [-0.4, -0.2) is 21.2 Å². The molecule has 0 saturated heterocycles. The van der Waals surface area contributed by atoms with Crippen molar-refractivity contribution in [2.45, 2.75) is 19.9 Å². The van der Waals surface area contributed by atoms with E-state index in [2.05, 4.69) is 20.6 Å². The summed E-state index contributed by atoms with van der Waals surface area (Å²) in [4.78, 5) is 16.2. The first-order valence-electron chi connectivity index (χ1n) is 6.76. The van der Waals surface area contributed by atoms with Crippen LogP contribution in [0.3, 0.4) is 0 Å². The van der Waals surface area contributed by atoms with Crippen molar-refractivity contribution in [2.24, 2.45) is 0 Å². The highest BCUT2D eigenvalue weighted by Crippen LogP contribution is 2.20. The van der Waals surface area contributed by atoms with E-state index in [9.17, 15) is 4.79 Å². The van der Waals surface area contributed by atoms with Gasteiger partial charge in [0.05, 0.1) is 0 Å². The molecule has 0 aliphatic carbocycles. The van der Waals surface area contributed by atoms with Gasteiger partial charge in [-0.1, -0.05) is 40.6 Å². The van der Waals surface area contributed by atoms with Crippen LogP contribution in [0.5, 0.6) is 0 Å². The van der Waals surface area contributed by atoms with Crippen molar-refractivity contribution >= 4 is 5.91 Å². The highest BCUT2D eigenvalue weighted by Gasteiger charge is 2.19. The zero-order valence-electron chi connectivity index (χ0n) is 12.1. The third kappa shape index (κ3) is 2.88. The SMILES string of the molecule is Cc1noc([C@H](C)NC(=O)c2cc(-c3ccccc3)on2)n1. The summed E-state index contributed by atoms with van der Waals surface area (Å²) in [5.41, 5.74) is 1.05. The second kappa shape index (κ2) is 5.80. The van der Waals surface area contributed by atoms with Gasteiger partial charge in [0, 0.05) is 11.6 Å². The molecule has 112 valence electrons. The maximum absolute atomic E-state index is 12.2. The van der Waals surface area contributed by atoms with Crippen LogP contribution in [0, 0.1) is 6.92 Å². The van der Waals surface area contributed by atoms with Crippen LogP contribution in [-0.2, 0) is 0 Å². The Bertz CT molecular complexity index is 779. The zero-order valence-corrected chi connectivity index (χ0v) is 12.1. The molecule has 1 aromatic carbocycles. The van der Waals surface area contributed by atoms with Crippen molar-refractivity contribution < 1.29 is 13.8 Å². The smallest absolute Gasteiger partial charge is 0.274 e. The summed E-state index contributed by atoms with van der Waals surface area (Å²) in [6, 6.07) is 10.6. The van der Waals surface area contributed by atoms with Gasteiger partial charge in [-0.15, -0.1) is 0 Å². The Hall–Kier alpha value is -2.96. The van der Waals surface area contributed by atoms with Crippen molar-refractivity contribution in [1.29, 1.82) is 0 Å². The maximum Gasteiger partial charge on any atom is 0.274 e. The van der Waals surface area contributed by atoms with Gasteiger partial charge in [0.1, 0.15) is 6.04 Å². The average Bonchev–Trinajstić information content (AvgIpc) is 3.17. The summed E-state index contributed by atoms with van der Waals surface area (Å²) in [6.45, 7) is 3.47. The minimum atomic E-state index is -0.412. The minimum Gasteiger partial charge on any atom is -0.355 e. The number of amides is 1. The molecule has 2 heterocycles. The van der Waals surface area contributed by atoms with E-state index >= 15 is 0 Å². The lowest BCUT2D eigenvalue weighted by atomic mass is 10.1. The van der Waals surface area contributed by atoms with Crippen LogP contribution in [0.1, 0.15) is 35.2 Å². The number of aryl methyl sites for hydroxylation is 1. The first-order chi connectivity index (χ1) is 10.6. The zero-order chi connectivity index (χ0) is 15.5. The topological polar surface area (TPSA) is 94.1 Å². The van der Waals surface area contributed by atoms with Crippen LogP contribution < -0.4 is 5.32 Å². The summed E-state index contributed by atoms with van der Waals surface area (Å²) < 4.78 is 10.2. The molecule has 0 aliphatic heterocycles. The number of nitrogens with one attached hydrogen (secondary N) is 1. The van der Waals surface area contributed by atoms with Crippen LogP contribution in [0.2, 0.25) is 0 Å². The second-order valence-electron chi connectivity index (χ2n) is 4.82. The minimum absolute atomic E-state index is 0.196. The number of rotatable bonds is 4. The molecular formula is C15H14N4O3. The van der Waals surface area contributed by atoms with E-state index in [0.29, 0.717) is 17.5 Å². The molecular weight excluding hydrogens is 284 g/mol. The highest BCUT2D eigenvalue weighted by atomic mass is 16.5. The number of hydrogen-bond acceptors (Lipinski definition) is 6. The Balaban J connectivity index is 1.72. The van der Waals surface area contributed by atoms with Crippen molar-refractivity contribution in [3.63, 3.8) is 0 Å². The molecule has 1 atom stereocenters. The van der Waals surface area contributed by atoms with Crippen molar-refractivity contribution in [2.75, 3.05) is 0 Å². The van der Waals surface area contributed by atoms with E-state index in [4.69, 9.17) is 9.05 Å². The van der Waals surface area contributed by atoms with Gasteiger partial charge in [-0.2, -0.15) is 4.98 Å². The van der Waals surface area contributed by atoms with Crippen molar-refractivity contribution in [3.05, 3.63) is 53.8 Å². The predicted octanol–water partition coefficient (Wildman–Crippen LogP) is 2.52. The molecule has 7 nitrogen and oxygen atoms in total. The third-order valence-electron chi connectivity index (χ3n) is 3.06. The van der Waals surface area contributed by atoms with E-state index < -0.39 is 6.04 Å². The average molecular weight is 298 g/mol. The number of benzene rings is 1. The molecule has 0 bridgehead atoms. The molecule has 7 heteroatoms. The van der Waals surface area contributed by atoms with Crippen molar-refractivity contribution in [3.8, 4) is 11.3 Å². The van der Waals surface area contributed by atoms with Gasteiger partial charge in [-0.05, 0) is 13.8 Å². The first kappa shape index (κ1) is 14.0. The number of aromatic nitrogens is 3. The molecule has 0 spiro atoms. The Labute approximate surface area is 126 Å². The Kier molecular flexibility index (Phi) is 3.69. The number of carbonyl (C=O) groups excluding carboxylic acids is 1. The normalized spacial score (nSPS) is 12.1. The molecule has 0 unspecified atom stereocenters. The van der Waals surface area contributed by atoms with Crippen LogP contribution in [0.4, 0.5) is 0 Å². The van der Waals surface area contributed by atoms with E-state index in [1.807, 2.05) is 30.3 Å². The van der Waals surface area contributed by atoms with E-state index in [1.165, 1.54) is 0 Å². The van der Waals surface area contributed by atoms with Gasteiger partial charge in [-0.25, -0.2) is 0 Å². The summed E-state index contributed by atoms with van der Waals surface area (Å²) in [5, 5.41) is 10.2. The molecule has 3 rings (SSSR count). The summed E-state index contributed by atoms with van der Waals surface area (Å²) in [5.74, 6) is 1.03. The summed E-state index contributed by atoms with van der Waals surface area (Å²) >= 11 is 0. The van der Waals surface area contributed by atoms with Gasteiger partial charge < -0.3 is 14.4 Å². The Morgan fingerprint density at radius 1 is 1.18 bits per heavy atom. The maximum atomic E-state index is 12.2.